The zero-order valence-electron chi connectivity index (χ0n) is 9.00. The molecule has 0 spiro atoms. The lowest BCUT2D eigenvalue weighted by Crippen LogP contribution is -2.40. The molecule has 0 aromatic rings. The number of carbonyl (C=O) groups excluding carboxylic acids is 1. The Morgan fingerprint density at radius 3 is 2.57 bits per heavy atom. The molecule has 14 heavy (non-hydrogen) atoms. The summed E-state index contributed by atoms with van der Waals surface area (Å²) in [4.78, 5) is 12.5. The number of hydrogen-bond acceptors (Lipinski definition) is 3. The predicted octanol–water partition coefficient (Wildman–Crippen LogP) is 0.149. The number of carbonyl (C=O) groups is 1. The molecule has 0 fully saturated rings. The van der Waals surface area contributed by atoms with E-state index in [9.17, 15) is 4.79 Å². The molecule has 0 aromatic carbocycles. The van der Waals surface area contributed by atoms with Gasteiger partial charge in [0.05, 0.1) is 12.1 Å². The van der Waals surface area contributed by atoms with Crippen molar-refractivity contribution in [3.63, 3.8) is 0 Å². The minimum absolute atomic E-state index is 0.114. The molecule has 80 valence electrons. The van der Waals surface area contributed by atoms with Crippen LogP contribution in [0.4, 0.5) is 4.79 Å². The number of nitriles is 1. The Morgan fingerprint density at radius 2 is 2.14 bits per heavy atom. The summed E-state index contributed by atoms with van der Waals surface area (Å²) in [5.74, 6) is 0. The Balaban J connectivity index is 3.47. The van der Waals surface area contributed by atoms with Gasteiger partial charge in [-0.15, -0.1) is 0 Å². The first-order valence-electron chi connectivity index (χ1n) is 4.70. The molecule has 0 aliphatic rings. The summed E-state index contributed by atoms with van der Waals surface area (Å²) < 4.78 is 0. The van der Waals surface area contributed by atoms with Crippen LogP contribution in [-0.2, 0) is 0 Å². The maximum atomic E-state index is 11.0. The second-order valence-electron chi connectivity index (χ2n) is 3.17. The first kappa shape index (κ1) is 12.7. The molecule has 0 saturated heterocycles. The molecule has 0 aromatic heterocycles. The molecule has 5 heteroatoms. The van der Waals surface area contributed by atoms with Gasteiger partial charge in [-0.05, 0) is 6.42 Å². The molecule has 1 atom stereocenters. The van der Waals surface area contributed by atoms with E-state index in [0.29, 0.717) is 13.1 Å². The van der Waals surface area contributed by atoms with Gasteiger partial charge in [-0.2, -0.15) is 5.26 Å². The molecule has 2 N–H and O–H groups in total. The van der Waals surface area contributed by atoms with Gasteiger partial charge in [-0.25, -0.2) is 4.79 Å². The minimum atomic E-state index is -0.119. The molecular formula is C9H18N4O. The van der Waals surface area contributed by atoms with Crippen LogP contribution in [0.15, 0.2) is 0 Å². The Hall–Kier alpha value is -1.28. The van der Waals surface area contributed by atoms with Crippen molar-refractivity contribution in [2.45, 2.75) is 19.4 Å². The summed E-state index contributed by atoms with van der Waals surface area (Å²) >= 11 is 0. The SMILES string of the molecule is CCC(C#N)NCCNC(=O)N(C)C. The van der Waals surface area contributed by atoms with Gasteiger partial charge in [-0.1, -0.05) is 6.92 Å². The molecule has 0 heterocycles. The van der Waals surface area contributed by atoms with Gasteiger partial charge in [-0.3, -0.25) is 0 Å². The Labute approximate surface area is 85.1 Å². The Kier molecular flexibility index (Phi) is 6.50. The molecular weight excluding hydrogens is 180 g/mol. The Bertz CT molecular complexity index is 209. The number of nitrogens with zero attached hydrogens (tertiary/aromatic N) is 2. The quantitative estimate of drug-likeness (QED) is 0.618. The topological polar surface area (TPSA) is 68.2 Å². The zero-order chi connectivity index (χ0) is 11.0. The number of hydrogen-bond donors (Lipinski definition) is 2. The highest BCUT2D eigenvalue weighted by molar-refractivity contribution is 5.73. The van der Waals surface area contributed by atoms with Crippen molar-refractivity contribution in [1.29, 1.82) is 5.26 Å². The van der Waals surface area contributed by atoms with Gasteiger partial charge in [0.25, 0.3) is 0 Å². The predicted molar refractivity (Wildman–Crippen MR) is 54.8 cm³/mol. The number of nitrogens with one attached hydrogen (secondary N) is 2. The van der Waals surface area contributed by atoms with Gasteiger partial charge in [0, 0.05) is 27.2 Å². The van der Waals surface area contributed by atoms with E-state index in [1.165, 1.54) is 4.90 Å². The molecule has 2 amide bonds. The second-order valence-corrected chi connectivity index (χ2v) is 3.17. The van der Waals surface area contributed by atoms with E-state index in [0.717, 1.165) is 6.42 Å². The summed E-state index contributed by atoms with van der Waals surface area (Å²) in [5, 5.41) is 14.3. The van der Waals surface area contributed by atoms with E-state index >= 15 is 0 Å². The van der Waals surface area contributed by atoms with E-state index in [1.807, 2.05) is 6.92 Å². The van der Waals surface area contributed by atoms with E-state index in [2.05, 4.69) is 16.7 Å². The average Bonchev–Trinajstić information content (AvgIpc) is 2.17. The fourth-order valence-corrected chi connectivity index (χ4v) is 0.855. The van der Waals surface area contributed by atoms with Crippen LogP contribution in [0.25, 0.3) is 0 Å². The molecule has 1 unspecified atom stereocenters. The first-order valence-corrected chi connectivity index (χ1v) is 4.70. The molecule has 0 saturated carbocycles. The third-order valence-corrected chi connectivity index (χ3v) is 1.76. The summed E-state index contributed by atoms with van der Waals surface area (Å²) in [6.07, 6.45) is 0.776. The van der Waals surface area contributed by atoms with Crippen molar-refractivity contribution in [2.24, 2.45) is 0 Å². The van der Waals surface area contributed by atoms with Crippen LogP contribution >= 0.6 is 0 Å². The number of urea groups is 1. The molecule has 0 aliphatic carbocycles. The summed E-state index contributed by atoms with van der Waals surface area (Å²) in [5.41, 5.74) is 0. The lowest BCUT2D eigenvalue weighted by atomic mass is 10.2. The third kappa shape index (κ3) is 5.38. The van der Waals surface area contributed by atoms with Gasteiger partial charge >= 0.3 is 6.03 Å². The summed E-state index contributed by atoms with van der Waals surface area (Å²) in [7, 11) is 3.37. The molecule has 0 aliphatic heterocycles. The zero-order valence-corrected chi connectivity index (χ0v) is 9.00. The van der Waals surface area contributed by atoms with Crippen LogP contribution < -0.4 is 10.6 Å². The van der Waals surface area contributed by atoms with Gasteiger partial charge in [0.2, 0.25) is 0 Å². The fraction of sp³-hybridized carbons (Fsp3) is 0.778. The molecule has 0 radical (unpaired) electrons. The lowest BCUT2D eigenvalue weighted by Gasteiger charge is -2.13. The highest BCUT2D eigenvalue weighted by atomic mass is 16.2. The van der Waals surface area contributed by atoms with Crippen molar-refractivity contribution in [1.82, 2.24) is 15.5 Å². The molecule has 0 rings (SSSR count). The summed E-state index contributed by atoms with van der Waals surface area (Å²) in [6, 6.07) is 1.90. The minimum Gasteiger partial charge on any atom is -0.337 e. The van der Waals surface area contributed by atoms with Crippen LogP contribution in [0.1, 0.15) is 13.3 Å². The largest absolute Gasteiger partial charge is 0.337 e. The van der Waals surface area contributed by atoms with Crippen LogP contribution in [-0.4, -0.2) is 44.2 Å². The van der Waals surface area contributed by atoms with E-state index in [4.69, 9.17) is 5.26 Å². The van der Waals surface area contributed by atoms with E-state index in [-0.39, 0.29) is 12.1 Å². The highest BCUT2D eigenvalue weighted by Gasteiger charge is 2.03. The second kappa shape index (κ2) is 7.15. The standard InChI is InChI=1S/C9H18N4O/c1-4-8(7-10)11-5-6-12-9(14)13(2)3/h8,11H,4-6H2,1-3H3,(H,12,14). The van der Waals surface area contributed by atoms with Crippen molar-refractivity contribution in [3.8, 4) is 6.07 Å². The normalized spacial score (nSPS) is 11.6. The van der Waals surface area contributed by atoms with E-state index < -0.39 is 0 Å². The number of rotatable bonds is 5. The van der Waals surface area contributed by atoms with Gasteiger partial charge < -0.3 is 15.5 Å². The van der Waals surface area contributed by atoms with Crippen LogP contribution in [0.3, 0.4) is 0 Å². The van der Waals surface area contributed by atoms with Crippen molar-refractivity contribution in [3.05, 3.63) is 0 Å². The van der Waals surface area contributed by atoms with Crippen molar-refractivity contribution in [2.75, 3.05) is 27.2 Å². The van der Waals surface area contributed by atoms with Crippen LogP contribution in [0, 0.1) is 11.3 Å². The smallest absolute Gasteiger partial charge is 0.316 e. The number of amides is 2. The summed E-state index contributed by atoms with van der Waals surface area (Å²) in [6.45, 7) is 3.10. The van der Waals surface area contributed by atoms with Gasteiger partial charge in [0.15, 0.2) is 0 Å². The van der Waals surface area contributed by atoms with Crippen molar-refractivity contribution < 1.29 is 4.79 Å². The van der Waals surface area contributed by atoms with Gasteiger partial charge in [0.1, 0.15) is 0 Å². The highest BCUT2D eigenvalue weighted by Crippen LogP contribution is 1.85. The third-order valence-electron chi connectivity index (χ3n) is 1.76. The van der Waals surface area contributed by atoms with E-state index in [1.54, 1.807) is 14.1 Å². The molecule has 5 nitrogen and oxygen atoms in total. The van der Waals surface area contributed by atoms with Crippen molar-refractivity contribution >= 4 is 6.03 Å². The maximum absolute atomic E-state index is 11.0. The first-order chi connectivity index (χ1) is 6.61. The monoisotopic (exact) mass is 198 g/mol. The average molecular weight is 198 g/mol. The maximum Gasteiger partial charge on any atom is 0.316 e. The van der Waals surface area contributed by atoms with Crippen LogP contribution in [0.5, 0.6) is 0 Å². The van der Waals surface area contributed by atoms with Crippen LogP contribution in [0.2, 0.25) is 0 Å². The fourth-order valence-electron chi connectivity index (χ4n) is 0.855. The molecule has 0 bridgehead atoms. The Morgan fingerprint density at radius 1 is 1.50 bits per heavy atom. The lowest BCUT2D eigenvalue weighted by molar-refractivity contribution is 0.217.